The second kappa shape index (κ2) is 6.62. The van der Waals surface area contributed by atoms with Gasteiger partial charge in [0.15, 0.2) is 17.1 Å². The Bertz CT molecular complexity index is 919. The van der Waals surface area contributed by atoms with Gasteiger partial charge in [-0.05, 0) is 48.4 Å². The van der Waals surface area contributed by atoms with E-state index in [9.17, 15) is 4.79 Å². The van der Waals surface area contributed by atoms with Crippen LogP contribution in [-0.4, -0.2) is 20.0 Å². The third-order valence-corrected chi connectivity index (χ3v) is 3.82. The van der Waals surface area contributed by atoms with Gasteiger partial charge in [-0.25, -0.2) is 0 Å². The van der Waals surface area contributed by atoms with Gasteiger partial charge in [0.1, 0.15) is 5.75 Å². The van der Waals surface area contributed by atoms with E-state index >= 15 is 0 Å². The fourth-order valence-corrected chi connectivity index (χ4v) is 2.58. The van der Waals surface area contributed by atoms with Crippen LogP contribution < -0.4 is 9.47 Å². The minimum Gasteiger partial charge on any atom is -0.496 e. The Hall–Kier alpha value is -3.01. The van der Waals surface area contributed by atoms with Crippen LogP contribution in [0, 0.1) is 6.92 Å². The summed E-state index contributed by atoms with van der Waals surface area (Å²) in [6, 6.07) is 13.0. The first-order chi connectivity index (χ1) is 11.6. The fourth-order valence-electron chi connectivity index (χ4n) is 2.58. The van der Waals surface area contributed by atoms with E-state index in [2.05, 4.69) is 0 Å². The number of aryl methyl sites for hydroxylation is 1. The molecule has 2 aromatic carbocycles. The van der Waals surface area contributed by atoms with Gasteiger partial charge >= 0.3 is 0 Å². The van der Waals surface area contributed by atoms with Crippen molar-refractivity contribution in [3.8, 4) is 11.5 Å². The number of methoxy groups -OCH3 is 2. The van der Waals surface area contributed by atoms with Crippen LogP contribution in [-0.2, 0) is 0 Å². The maximum absolute atomic E-state index is 12.3. The number of fused-ring (bicyclic) bond motifs is 1. The number of benzene rings is 2. The third-order valence-electron chi connectivity index (χ3n) is 3.82. The number of rotatable bonds is 5. The lowest BCUT2D eigenvalue weighted by molar-refractivity contribution is 0.102. The maximum atomic E-state index is 12.3. The largest absolute Gasteiger partial charge is 0.496 e. The number of furan rings is 1. The first-order valence-electron chi connectivity index (χ1n) is 7.56. The zero-order valence-corrected chi connectivity index (χ0v) is 13.8. The normalized spacial score (nSPS) is 11.1. The van der Waals surface area contributed by atoms with Crippen molar-refractivity contribution in [1.82, 2.24) is 0 Å². The summed E-state index contributed by atoms with van der Waals surface area (Å²) in [6.07, 6.45) is 3.27. The molecule has 3 rings (SSSR count). The molecule has 24 heavy (non-hydrogen) atoms. The average Bonchev–Trinajstić information content (AvgIpc) is 3.04. The van der Waals surface area contributed by atoms with Crippen molar-refractivity contribution in [2.24, 2.45) is 0 Å². The molecule has 0 aliphatic carbocycles. The van der Waals surface area contributed by atoms with Crippen LogP contribution in [0.1, 0.15) is 21.7 Å². The summed E-state index contributed by atoms with van der Waals surface area (Å²) in [6.45, 7) is 1.96. The van der Waals surface area contributed by atoms with E-state index in [1.807, 2.05) is 37.3 Å². The number of ketones is 1. The Morgan fingerprint density at radius 3 is 2.54 bits per heavy atom. The van der Waals surface area contributed by atoms with Crippen LogP contribution in [0.3, 0.4) is 0 Å². The highest BCUT2D eigenvalue weighted by Gasteiger charge is 2.12. The third kappa shape index (κ3) is 3.04. The van der Waals surface area contributed by atoms with E-state index in [0.29, 0.717) is 11.3 Å². The summed E-state index contributed by atoms with van der Waals surface area (Å²) in [5.74, 6) is 1.53. The van der Waals surface area contributed by atoms with E-state index in [1.54, 1.807) is 32.4 Å². The van der Waals surface area contributed by atoms with Gasteiger partial charge < -0.3 is 13.9 Å². The van der Waals surface area contributed by atoms with Crippen LogP contribution in [0.5, 0.6) is 11.5 Å². The highest BCUT2D eigenvalue weighted by atomic mass is 16.5. The smallest absolute Gasteiger partial charge is 0.221 e. The molecule has 4 nitrogen and oxygen atoms in total. The van der Waals surface area contributed by atoms with Crippen molar-refractivity contribution in [3.05, 3.63) is 65.4 Å². The SMILES string of the molecule is COc1ccc(/C=C/C(=O)c2cc3cccc(OC)c3o2)cc1C. The zero-order chi connectivity index (χ0) is 17.1. The molecular weight excluding hydrogens is 304 g/mol. The molecule has 1 aromatic heterocycles. The van der Waals surface area contributed by atoms with Gasteiger partial charge in [0.2, 0.25) is 5.78 Å². The van der Waals surface area contributed by atoms with E-state index in [4.69, 9.17) is 13.9 Å². The molecule has 3 aromatic rings. The number of allylic oxidation sites excluding steroid dienone is 1. The van der Waals surface area contributed by atoms with E-state index < -0.39 is 0 Å². The van der Waals surface area contributed by atoms with Crippen LogP contribution >= 0.6 is 0 Å². The molecule has 0 amide bonds. The standard InChI is InChI=1S/C20H18O4/c1-13-11-14(8-10-17(13)22-2)7-9-16(21)19-12-15-5-4-6-18(23-3)20(15)24-19/h4-12H,1-3H3/b9-7+. The second-order valence-corrected chi connectivity index (χ2v) is 5.42. The summed E-state index contributed by atoms with van der Waals surface area (Å²) in [7, 11) is 3.21. The van der Waals surface area contributed by atoms with Gasteiger partial charge in [-0.3, -0.25) is 4.79 Å². The molecule has 0 aliphatic heterocycles. The molecule has 0 atom stereocenters. The average molecular weight is 322 g/mol. The van der Waals surface area contributed by atoms with Gasteiger partial charge in [0.05, 0.1) is 14.2 Å². The zero-order valence-electron chi connectivity index (χ0n) is 13.8. The Morgan fingerprint density at radius 2 is 1.83 bits per heavy atom. The van der Waals surface area contributed by atoms with Crippen molar-refractivity contribution in [2.75, 3.05) is 14.2 Å². The van der Waals surface area contributed by atoms with Crippen molar-refractivity contribution < 1.29 is 18.7 Å². The summed E-state index contributed by atoms with van der Waals surface area (Å²) in [5, 5.41) is 0.839. The van der Waals surface area contributed by atoms with Crippen molar-refractivity contribution in [2.45, 2.75) is 6.92 Å². The Kier molecular flexibility index (Phi) is 4.38. The summed E-state index contributed by atoms with van der Waals surface area (Å²) in [4.78, 5) is 12.3. The van der Waals surface area contributed by atoms with Gasteiger partial charge in [-0.15, -0.1) is 0 Å². The van der Waals surface area contributed by atoms with Gasteiger partial charge in [0.25, 0.3) is 0 Å². The molecule has 0 radical (unpaired) electrons. The minimum atomic E-state index is -0.193. The number of carbonyl (C=O) groups excluding carboxylic acids is 1. The molecule has 0 fully saturated rings. The fraction of sp³-hybridized carbons (Fsp3) is 0.150. The molecule has 0 saturated heterocycles. The molecule has 122 valence electrons. The summed E-state index contributed by atoms with van der Waals surface area (Å²) >= 11 is 0. The maximum Gasteiger partial charge on any atom is 0.221 e. The van der Waals surface area contributed by atoms with E-state index in [-0.39, 0.29) is 11.5 Å². The molecule has 0 saturated carbocycles. The predicted octanol–water partition coefficient (Wildman–Crippen LogP) is 4.65. The molecule has 0 unspecified atom stereocenters. The Balaban J connectivity index is 1.85. The van der Waals surface area contributed by atoms with Gasteiger partial charge in [0, 0.05) is 5.39 Å². The molecular formula is C20H18O4. The second-order valence-electron chi connectivity index (χ2n) is 5.42. The molecule has 0 spiro atoms. The number of hydrogen-bond acceptors (Lipinski definition) is 4. The first-order valence-corrected chi connectivity index (χ1v) is 7.56. The molecule has 0 aliphatic rings. The van der Waals surface area contributed by atoms with Crippen molar-refractivity contribution >= 4 is 22.8 Å². The predicted molar refractivity (Wildman–Crippen MR) is 93.9 cm³/mol. The van der Waals surface area contributed by atoms with E-state index in [0.717, 1.165) is 22.3 Å². The summed E-state index contributed by atoms with van der Waals surface area (Å²) in [5.41, 5.74) is 2.52. The number of hydrogen-bond donors (Lipinski definition) is 0. The van der Waals surface area contributed by atoms with Crippen LogP contribution in [0.4, 0.5) is 0 Å². The van der Waals surface area contributed by atoms with Gasteiger partial charge in [-0.1, -0.05) is 24.3 Å². The highest BCUT2D eigenvalue weighted by molar-refractivity contribution is 6.07. The van der Waals surface area contributed by atoms with Crippen LogP contribution in [0.15, 0.2) is 53.0 Å². The van der Waals surface area contributed by atoms with Crippen molar-refractivity contribution in [1.29, 1.82) is 0 Å². The monoisotopic (exact) mass is 322 g/mol. The lowest BCUT2D eigenvalue weighted by Crippen LogP contribution is -1.91. The molecule has 4 heteroatoms. The van der Waals surface area contributed by atoms with Crippen LogP contribution in [0.2, 0.25) is 0 Å². The summed E-state index contributed by atoms with van der Waals surface area (Å²) < 4.78 is 16.1. The van der Waals surface area contributed by atoms with Crippen molar-refractivity contribution in [3.63, 3.8) is 0 Å². The Morgan fingerprint density at radius 1 is 1.04 bits per heavy atom. The topological polar surface area (TPSA) is 48.7 Å². The lowest BCUT2D eigenvalue weighted by Gasteiger charge is -2.04. The highest BCUT2D eigenvalue weighted by Crippen LogP contribution is 2.28. The number of carbonyl (C=O) groups is 1. The quantitative estimate of drug-likeness (QED) is 0.506. The minimum absolute atomic E-state index is 0.193. The molecule has 0 N–H and O–H groups in total. The number of ether oxygens (including phenoxy) is 2. The molecule has 0 bridgehead atoms. The van der Waals surface area contributed by atoms with Crippen LogP contribution in [0.25, 0.3) is 17.0 Å². The van der Waals surface area contributed by atoms with Gasteiger partial charge in [-0.2, -0.15) is 0 Å². The molecule has 1 heterocycles. The lowest BCUT2D eigenvalue weighted by atomic mass is 10.1. The number of para-hydroxylation sites is 1. The first kappa shape index (κ1) is 15.9. The Labute approximate surface area is 140 Å². The van der Waals surface area contributed by atoms with E-state index in [1.165, 1.54) is 6.08 Å².